The molecule has 0 aliphatic carbocycles. The molecule has 2 heterocycles. The Balaban J connectivity index is 1.72. The number of aromatic nitrogens is 1. The van der Waals surface area contributed by atoms with Gasteiger partial charge in [-0.1, -0.05) is 11.6 Å². The second kappa shape index (κ2) is 7.23. The largest absolute Gasteiger partial charge is 0.495 e. The van der Waals surface area contributed by atoms with Gasteiger partial charge in [-0.25, -0.2) is 0 Å². The van der Waals surface area contributed by atoms with Gasteiger partial charge >= 0.3 is 0 Å². The van der Waals surface area contributed by atoms with Crippen LogP contribution in [-0.4, -0.2) is 37.3 Å². The highest BCUT2D eigenvalue weighted by atomic mass is 35.5. The molecule has 3 rings (SSSR count). The van der Waals surface area contributed by atoms with Crippen molar-refractivity contribution < 1.29 is 14.3 Å². The molecule has 128 valence electrons. The van der Waals surface area contributed by atoms with Crippen LogP contribution in [-0.2, 0) is 16.0 Å². The average Bonchev–Trinajstić information content (AvgIpc) is 3.09. The molecule has 1 aromatic carbocycles. The normalized spacial score (nSPS) is 17.2. The Morgan fingerprint density at radius 2 is 2.29 bits per heavy atom. The Morgan fingerprint density at radius 3 is 3.00 bits per heavy atom. The molecule has 1 fully saturated rings. The number of hydrogen-bond donors (Lipinski definition) is 2. The van der Waals surface area contributed by atoms with Crippen LogP contribution in [0.15, 0.2) is 23.0 Å². The second-order valence-corrected chi connectivity index (χ2v) is 6.15. The summed E-state index contributed by atoms with van der Waals surface area (Å²) in [7, 11) is 1.54. The summed E-state index contributed by atoms with van der Waals surface area (Å²) >= 11 is 6.07. The highest BCUT2D eigenvalue weighted by Crippen LogP contribution is 2.28. The number of pyridine rings is 1. The van der Waals surface area contributed by atoms with Crippen LogP contribution in [0.3, 0.4) is 0 Å². The molecule has 24 heavy (non-hydrogen) atoms. The number of benzene rings is 1. The lowest BCUT2D eigenvalue weighted by Gasteiger charge is -2.10. The van der Waals surface area contributed by atoms with Crippen molar-refractivity contribution in [3.05, 3.63) is 39.1 Å². The zero-order chi connectivity index (χ0) is 17.1. The van der Waals surface area contributed by atoms with Crippen molar-refractivity contribution in [3.8, 4) is 5.75 Å². The van der Waals surface area contributed by atoms with Gasteiger partial charge in [0, 0.05) is 24.1 Å². The third kappa shape index (κ3) is 3.55. The van der Waals surface area contributed by atoms with Gasteiger partial charge in [0.2, 0.25) is 5.91 Å². The van der Waals surface area contributed by atoms with Crippen LogP contribution in [0.4, 0.5) is 0 Å². The number of carbonyl (C=O) groups is 1. The molecule has 1 amide bonds. The van der Waals surface area contributed by atoms with E-state index in [0.29, 0.717) is 41.4 Å². The Kier molecular flexibility index (Phi) is 5.06. The smallest absolute Gasteiger partial charge is 0.251 e. The topological polar surface area (TPSA) is 80.4 Å². The summed E-state index contributed by atoms with van der Waals surface area (Å²) in [5, 5.41) is 4.09. The van der Waals surface area contributed by atoms with Crippen LogP contribution >= 0.6 is 11.6 Å². The first kappa shape index (κ1) is 16.8. The SMILES string of the molecule is COc1cc2cc(CCNC(=O)C3CCCO3)c(=O)[nH]c2cc1Cl. The third-order valence-electron chi connectivity index (χ3n) is 4.11. The van der Waals surface area contributed by atoms with Crippen LogP contribution in [0.5, 0.6) is 5.75 Å². The van der Waals surface area contributed by atoms with Gasteiger partial charge in [0.25, 0.3) is 5.56 Å². The number of aromatic amines is 1. The predicted octanol–water partition coefficient (Wildman–Crippen LogP) is 2.03. The summed E-state index contributed by atoms with van der Waals surface area (Å²) in [5.41, 5.74) is 1.06. The minimum atomic E-state index is -0.355. The molecule has 7 heteroatoms. The zero-order valence-corrected chi connectivity index (χ0v) is 14.1. The fraction of sp³-hybridized carbons (Fsp3) is 0.412. The van der Waals surface area contributed by atoms with Crippen LogP contribution in [0.1, 0.15) is 18.4 Å². The van der Waals surface area contributed by atoms with E-state index in [0.717, 1.165) is 18.2 Å². The summed E-state index contributed by atoms with van der Waals surface area (Å²) in [6, 6.07) is 5.24. The summed E-state index contributed by atoms with van der Waals surface area (Å²) in [4.78, 5) is 26.9. The van der Waals surface area contributed by atoms with E-state index in [1.165, 1.54) is 0 Å². The first-order valence-corrected chi connectivity index (χ1v) is 8.25. The van der Waals surface area contributed by atoms with Crippen molar-refractivity contribution in [2.24, 2.45) is 0 Å². The number of halogens is 1. The van der Waals surface area contributed by atoms with Gasteiger partial charge in [-0.15, -0.1) is 0 Å². The minimum absolute atomic E-state index is 0.113. The quantitative estimate of drug-likeness (QED) is 0.864. The Hall–Kier alpha value is -2.05. The summed E-state index contributed by atoms with van der Waals surface area (Å²) in [6.07, 6.45) is 1.75. The van der Waals surface area contributed by atoms with Gasteiger partial charge in [0.1, 0.15) is 11.9 Å². The van der Waals surface area contributed by atoms with E-state index in [-0.39, 0.29) is 17.6 Å². The van der Waals surface area contributed by atoms with Crippen molar-refractivity contribution in [3.63, 3.8) is 0 Å². The van der Waals surface area contributed by atoms with Gasteiger partial charge in [-0.3, -0.25) is 9.59 Å². The first-order chi connectivity index (χ1) is 11.6. The fourth-order valence-corrected chi connectivity index (χ4v) is 3.05. The maximum atomic E-state index is 12.2. The van der Waals surface area contributed by atoms with Crippen LogP contribution in [0.25, 0.3) is 10.9 Å². The monoisotopic (exact) mass is 350 g/mol. The Bertz CT molecular complexity index is 812. The van der Waals surface area contributed by atoms with E-state index < -0.39 is 0 Å². The lowest BCUT2D eigenvalue weighted by atomic mass is 10.1. The van der Waals surface area contributed by atoms with Gasteiger partial charge in [-0.05, 0) is 37.5 Å². The highest BCUT2D eigenvalue weighted by Gasteiger charge is 2.22. The highest BCUT2D eigenvalue weighted by molar-refractivity contribution is 6.32. The van der Waals surface area contributed by atoms with Crippen molar-refractivity contribution in [1.29, 1.82) is 0 Å². The fourth-order valence-electron chi connectivity index (χ4n) is 2.81. The number of hydrogen-bond acceptors (Lipinski definition) is 4. The summed E-state index contributed by atoms with van der Waals surface area (Å²) in [5.74, 6) is 0.437. The molecule has 0 radical (unpaired) electrons. The van der Waals surface area contributed by atoms with Crippen molar-refractivity contribution in [2.45, 2.75) is 25.4 Å². The lowest BCUT2D eigenvalue weighted by Crippen LogP contribution is -2.35. The Morgan fingerprint density at radius 1 is 1.46 bits per heavy atom. The molecular weight excluding hydrogens is 332 g/mol. The van der Waals surface area contributed by atoms with Crippen molar-refractivity contribution in [1.82, 2.24) is 10.3 Å². The van der Waals surface area contributed by atoms with Gasteiger partial charge in [0.05, 0.1) is 17.6 Å². The minimum Gasteiger partial charge on any atom is -0.495 e. The number of fused-ring (bicyclic) bond motifs is 1. The number of ether oxygens (including phenoxy) is 2. The van der Waals surface area contributed by atoms with E-state index in [1.807, 2.05) is 0 Å². The zero-order valence-electron chi connectivity index (χ0n) is 13.4. The number of rotatable bonds is 5. The number of H-pyrrole nitrogens is 1. The first-order valence-electron chi connectivity index (χ1n) is 7.87. The molecule has 1 aromatic heterocycles. The second-order valence-electron chi connectivity index (χ2n) is 5.74. The average molecular weight is 351 g/mol. The van der Waals surface area contributed by atoms with Crippen molar-refractivity contribution >= 4 is 28.4 Å². The van der Waals surface area contributed by atoms with Gasteiger partial charge in [-0.2, -0.15) is 0 Å². The van der Waals surface area contributed by atoms with Crippen LogP contribution in [0.2, 0.25) is 5.02 Å². The van der Waals surface area contributed by atoms with E-state index in [1.54, 1.807) is 25.3 Å². The molecule has 6 nitrogen and oxygen atoms in total. The molecule has 1 aliphatic rings. The number of methoxy groups -OCH3 is 1. The molecule has 2 aromatic rings. The van der Waals surface area contributed by atoms with Gasteiger partial charge in [0.15, 0.2) is 0 Å². The molecule has 0 spiro atoms. The molecule has 1 saturated heterocycles. The molecule has 1 unspecified atom stereocenters. The number of amides is 1. The maximum Gasteiger partial charge on any atom is 0.251 e. The van der Waals surface area contributed by atoms with E-state index in [2.05, 4.69) is 10.3 Å². The predicted molar refractivity (Wildman–Crippen MR) is 91.8 cm³/mol. The van der Waals surface area contributed by atoms with Crippen LogP contribution < -0.4 is 15.6 Å². The maximum absolute atomic E-state index is 12.2. The Labute approximate surface area is 144 Å². The third-order valence-corrected chi connectivity index (χ3v) is 4.40. The molecule has 1 atom stereocenters. The van der Waals surface area contributed by atoms with Crippen molar-refractivity contribution in [2.75, 3.05) is 20.3 Å². The molecule has 0 bridgehead atoms. The molecule has 2 N–H and O–H groups in total. The molecular formula is C17H19ClN2O4. The number of carbonyl (C=O) groups excluding carboxylic acids is 1. The summed E-state index contributed by atoms with van der Waals surface area (Å²) < 4.78 is 10.5. The summed E-state index contributed by atoms with van der Waals surface area (Å²) in [6.45, 7) is 1.02. The van der Waals surface area contributed by atoms with E-state index in [9.17, 15) is 9.59 Å². The van der Waals surface area contributed by atoms with Gasteiger partial charge < -0.3 is 19.8 Å². The number of nitrogens with one attached hydrogen (secondary N) is 2. The molecule has 0 saturated carbocycles. The molecule has 1 aliphatic heterocycles. The van der Waals surface area contributed by atoms with E-state index in [4.69, 9.17) is 21.1 Å². The van der Waals surface area contributed by atoms with E-state index >= 15 is 0 Å². The standard InChI is InChI=1S/C17H19ClN2O4/c1-23-15-8-11-7-10(16(21)20-13(11)9-12(15)18)4-5-19-17(22)14-3-2-6-24-14/h7-9,14H,2-6H2,1H3,(H,19,22)(H,20,21). The lowest BCUT2D eigenvalue weighted by molar-refractivity contribution is -0.129. The van der Waals surface area contributed by atoms with Crippen LogP contribution in [0, 0.1) is 0 Å².